The van der Waals surface area contributed by atoms with Gasteiger partial charge in [-0.3, -0.25) is 0 Å². The van der Waals surface area contributed by atoms with Crippen LogP contribution in [0.5, 0.6) is 0 Å². The van der Waals surface area contributed by atoms with Crippen LogP contribution in [0.2, 0.25) is 0 Å². The topological polar surface area (TPSA) is 35.8 Å². The molecule has 0 aliphatic heterocycles. The van der Waals surface area contributed by atoms with E-state index in [0.717, 1.165) is 29.3 Å². The standard InChI is InChI=1S/C15H22N2/c1-12(2)6-4-5-9-17-15-8-7-14(11-16)13(3)10-15/h7-8,10,12,17H,4-6,9H2,1-3H3. The van der Waals surface area contributed by atoms with Crippen molar-refractivity contribution in [2.24, 2.45) is 5.92 Å². The Morgan fingerprint density at radius 1 is 1.29 bits per heavy atom. The van der Waals surface area contributed by atoms with E-state index in [1.165, 1.54) is 19.3 Å². The number of benzene rings is 1. The maximum absolute atomic E-state index is 8.84. The molecule has 17 heavy (non-hydrogen) atoms. The van der Waals surface area contributed by atoms with E-state index in [2.05, 4.69) is 25.2 Å². The molecule has 0 saturated carbocycles. The SMILES string of the molecule is Cc1cc(NCCCCC(C)C)ccc1C#N. The van der Waals surface area contributed by atoms with Gasteiger partial charge in [-0.2, -0.15) is 5.26 Å². The Kier molecular flexibility index (Phi) is 5.56. The van der Waals surface area contributed by atoms with Crippen LogP contribution in [0.15, 0.2) is 18.2 Å². The lowest BCUT2D eigenvalue weighted by molar-refractivity contribution is 0.545. The Bertz CT molecular complexity index is 388. The number of rotatable bonds is 6. The Morgan fingerprint density at radius 3 is 2.65 bits per heavy atom. The molecule has 0 saturated heterocycles. The van der Waals surface area contributed by atoms with Gasteiger partial charge in [-0.1, -0.05) is 26.7 Å². The fourth-order valence-electron chi connectivity index (χ4n) is 1.81. The first kappa shape index (κ1) is 13.6. The van der Waals surface area contributed by atoms with E-state index in [9.17, 15) is 0 Å². The first-order chi connectivity index (χ1) is 8.13. The molecule has 0 amide bonds. The second kappa shape index (κ2) is 6.96. The van der Waals surface area contributed by atoms with Gasteiger partial charge in [0, 0.05) is 12.2 Å². The molecule has 0 unspecified atom stereocenters. The van der Waals surface area contributed by atoms with Gasteiger partial charge in [0.2, 0.25) is 0 Å². The quantitative estimate of drug-likeness (QED) is 0.747. The second-order valence-electron chi connectivity index (χ2n) is 4.96. The first-order valence-electron chi connectivity index (χ1n) is 6.38. The summed E-state index contributed by atoms with van der Waals surface area (Å²) >= 11 is 0. The number of hydrogen-bond acceptors (Lipinski definition) is 2. The van der Waals surface area contributed by atoms with Crippen molar-refractivity contribution in [1.82, 2.24) is 0 Å². The van der Waals surface area contributed by atoms with E-state index in [1.54, 1.807) is 0 Å². The zero-order chi connectivity index (χ0) is 12.7. The van der Waals surface area contributed by atoms with E-state index in [4.69, 9.17) is 5.26 Å². The van der Waals surface area contributed by atoms with Crippen molar-refractivity contribution in [3.8, 4) is 6.07 Å². The molecule has 0 aromatic heterocycles. The average Bonchev–Trinajstić information content (AvgIpc) is 2.28. The van der Waals surface area contributed by atoms with Gasteiger partial charge in [-0.05, 0) is 43.0 Å². The van der Waals surface area contributed by atoms with Crippen LogP contribution in [0.3, 0.4) is 0 Å². The summed E-state index contributed by atoms with van der Waals surface area (Å²) in [4.78, 5) is 0. The number of unbranched alkanes of at least 4 members (excludes halogenated alkanes) is 1. The van der Waals surface area contributed by atoms with Gasteiger partial charge in [0.15, 0.2) is 0 Å². The number of nitrogens with one attached hydrogen (secondary N) is 1. The van der Waals surface area contributed by atoms with E-state index < -0.39 is 0 Å². The fraction of sp³-hybridized carbons (Fsp3) is 0.533. The minimum atomic E-state index is 0.760. The van der Waals surface area contributed by atoms with Crippen LogP contribution < -0.4 is 5.32 Å². The molecule has 0 bridgehead atoms. The predicted octanol–water partition coefficient (Wildman–Crippen LogP) is 4.10. The first-order valence-corrected chi connectivity index (χ1v) is 6.38. The summed E-state index contributed by atoms with van der Waals surface area (Å²) in [6.07, 6.45) is 3.78. The van der Waals surface area contributed by atoms with Crippen LogP contribution >= 0.6 is 0 Å². The summed E-state index contributed by atoms with van der Waals surface area (Å²) in [7, 11) is 0. The highest BCUT2D eigenvalue weighted by molar-refractivity contribution is 5.51. The fourth-order valence-corrected chi connectivity index (χ4v) is 1.81. The van der Waals surface area contributed by atoms with E-state index in [-0.39, 0.29) is 0 Å². The van der Waals surface area contributed by atoms with Gasteiger partial charge in [-0.25, -0.2) is 0 Å². The van der Waals surface area contributed by atoms with E-state index in [0.29, 0.717) is 0 Å². The molecule has 0 atom stereocenters. The van der Waals surface area contributed by atoms with Crippen molar-refractivity contribution < 1.29 is 0 Å². The molecule has 1 rings (SSSR count). The van der Waals surface area contributed by atoms with E-state index >= 15 is 0 Å². The average molecular weight is 230 g/mol. The molecule has 2 nitrogen and oxygen atoms in total. The number of hydrogen-bond donors (Lipinski definition) is 1. The van der Waals surface area contributed by atoms with Gasteiger partial charge in [-0.15, -0.1) is 0 Å². The lowest BCUT2D eigenvalue weighted by Crippen LogP contribution is -2.02. The largest absolute Gasteiger partial charge is 0.385 e. The highest BCUT2D eigenvalue weighted by Gasteiger charge is 1.99. The molecule has 0 aliphatic carbocycles. The highest BCUT2D eigenvalue weighted by atomic mass is 14.9. The lowest BCUT2D eigenvalue weighted by Gasteiger charge is -2.08. The summed E-state index contributed by atoms with van der Waals surface area (Å²) in [6, 6.07) is 8.09. The van der Waals surface area contributed by atoms with Gasteiger partial charge < -0.3 is 5.32 Å². The van der Waals surface area contributed by atoms with Crippen molar-refractivity contribution in [3.05, 3.63) is 29.3 Å². The molecule has 0 spiro atoms. The highest BCUT2D eigenvalue weighted by Crippen LogP contribution is 2.14. The molecule has 2 heteroatoms. The third kappa shape index (κ3) is 4.91. The third-order valence-electron chi connectivity index (χ3n) is 2.88. The molecule has 1 aromatic carbocycles. The molecule has 0 heterocycles. The number of nitrogens with zero attached hydrogens (tertiary/aromatic N) is 1. The molecule has 1 aromatic rings. The summed E-state index contributed by atoms with van der Waals surface area (Å²) in [5.74, 6) is 0.798. The summed E-state index contributed by atoms with van der Waals surface area (Å²) in [5, 5.41) is 12.2. The molecule has 0 fully saturated rings. The minimum Gasteiger partial charge on any atom is -0.385 e. The van der Waals surface area contributed by atoms with Gasteiger partial charge in [0.1, 0.15) is 0 Å². The Labute approximate surface area is 105 Å². The second-order valence-corrected chi connectivity index (χ2v) is 4.96. The van der Waals surface area contributed by atoms with Crippen molar-refractivity contribution in [3.63, 3.8) is 0 Å². The van der Waals surface area contributed by atoms with Gasteiger partial charge in [0.25, 0.3) is 0 Å². The normalized spacial score (nSPS) is 10.3. The molecular formula is C15H22N2. The van der Waals surface area contributed by atoms with Crippen LogP contribution in [-0.4, -0.2) is 6.54 Å². The Balaban J connectivity index is 2.33. The maximum Gasteiger partial charge on any atom is 0.0994 e. The number of aryl methyl sites for hydroxylation is 1. The number of anilines is 1. The van der Waals surface area contributed by atoms with Crippen molar-refractivity contribution in [2.45, 2.75) is 40.0 Å². The summed E-state index contributed by atoms with van der Waals surface area (Å²) in [5.41, 5.74) is 2.92. The smallest absolute Gasteiger partial charge is 0.0994 e. The summed E-state index contributed by atoms with van der Waals surface area (Å²) < 4.78 is 0. The monoisotopic (exact) mass is 230 g/mol. The molecular weight excluding hydrogens is 208 g/mol. The minimum absolute atomic E-state index is 0.760. The van der Waals surface area contributed by atoms with Crippen molar-refractivity contribution in [2.75, 3.05) is 11.9 Å². The van der Waals surface area contributed by atoms with Crippen LogP contribution in [0, 0.1) is 24.2 Å². The van der Waals surface area contributed by atoms with Crippen molar-refractivity contribution in [1.29, 1.82) is 5.26 Å². The van der Waals surface area contributed by atoms with Crippen LogP contribution in [0.25, 0.3) is 0 Å². The maximum atomic E-state index is 8.84. The molecule has 92 valence electrons. The predicted molar refractivity (Wildman–Crippen MR) is 73.1 cm³/mol. The number of nitriles is 1. The van der Waals surface area contributed by atoms with Crippen LogP contribution in [-0.2, 0) is 0 Å². The lowest BCUT2D eigenvalue weighted by atomic mass is 10.1. The Hall–Kier alpha value is -1.49. The molecule has 1 N–H and O–H groups in total. The zero-order valence-electron chi connectivity index (χ0n) is 11.1. The van der Waals surface area contributed by atoms with Gasteiger partial charge >= 0.3 is 0 Å². The van der Waals surface area contributed by atoms with Crippen LogP contribution in [0.1, 0.15) is 44.2 Å². The third-order valence-corrected chi connectivity index (χ3v) is 2.88. The van der Waals surface area contributed by atoms with Gasteiger partial charge in [0.05, 0.1) is 11.6 Å². The van der Waals surface area contributed by atoms with Crippen molar-refractivity contribution >= 4 is 5.69 Å². The van der Waals surface area contributed by atoms with Crippen LogP contribution in [0.4, 0.5) is 5.69 Å². The van der Waals surface area contributed by atoms with E-state index in [1.807, 2.05) is 25.1 Å². The zero-order valence-corrected chi connectivity index (χ0v) is 11.1. The summed E-state index contributed by atoms with van der Waals surface area (Å²) in [6.45, 7) is 7.51. The Morgan fingerprint density at radius 2 is 2.06 bits per heavy atom. The molecule has 0 radical (unpaired) electrons. The molecule has 0 aliphatic rings.